The van der Waals surface area contributed by atoms with Gasteiger partial charge >= 0.3 is 8.60 Å². The monoisotopic (exact) mass is 648 g/mol. The fourth-order valence-corrected chi connectivity index (χ4v) is 10.8. The maximum Gasteiger partial charge on any atom is 0.335 e. The summed E-state index contributed by atoms with van der Waals surface area (Å²) in [7, 11) is -1.98. The van der Waals surface area contributed by atoms with Gasteiger partial charge in [0.25, 0.3) is 0 Å². The van der Waals surface area contributed by atoms with E-state index in [0.717, 1.165) is 35.1 Å². The van der Waals surface area contributed by atoms with E-state index in [-0.39, 0.29) is 16.9 Å². The average Bonchev–Trinajstić information content (AvgIpc) is 3.58. The van der Waals surface area contributed by atoms with Crippen molar-refractivity contribution in [1.29, 1.82) is 0 Å². The van der Waals surface area contributed by atoms with Crippen molar-refractivity contribution in [2.75, 3.05) is 0 Å². The van der Waals surface area contributed by atoms with E-state index < -0.39 is 37.8 Å². The van der Waals surface area contributed by atoms with Crippen molar-refractivity contribution in [3.8, 4) is 0 Å². The van der Waals surface area contributed by atoms with E-state index in [9.17, 15) is 0 Å². The fourth-order valence-electron chi connectivity index (χ4n) is 9.09. The van der Waals surface area contributed by atoms with Gasteiger partial charge in [-0.1, -0.05) is 142 Å². The lowest BCUT2D eigenvalue weighted by Crippen LogP contribution is -2.53. The zero-order valence-electron chi connectivity index (χ0n) is 28.0. The van der Waals surface area contributed by atoms with Crippen molar-refractivity contribution in [3.63, 3.8) is 0 Å². The van der Waals surface area contributed by atoms with Crippen LogP contribution in [0, 0.1) is 16.7 Å². The van der Waals surface area contributed by atoms with Crippen molar-refractivity contribution in [2.45, 2.75) is 89.2 Å². The summed E-state index contributed by atoms with van der Waals surface area (Å²) < 4.78 is 36.7. The van der Waals surface area contributed by atoms with Crippen LogP contribution in [0.1, 0.15) is 76.1 Å². The van der Waals surface area contributed by atoms with Gasteiger partial charge < -0.3 is 14.0 Å². The molecule has 2 saturated heterocycles. The van der Waals surface area contributed by atoms with E-state index in [2.05, 4.69) is 118 Å². The summed E-state index contributed by atoms with van der Waals surface area (Å²) in [4.78, 5) is 0. The number of benzene rings is 4. The predicted octanol–water partition coefficient (Wildman–Crippen LogP) is 9.90. The molecule has 0 aromatic heterocycles. The molecule has 6 heteroatoms. The van der Waals surface area contributed by atoms with Crippen LogP contribution in [-0.2, 0) is 34.2 Å². The van der Waals surface area contributed by atoms with Crippen LogP contribution in [-0.4, -0.2) is 24.1 Å². The Bertz CT molecular complexity index is 1510. The van der Waals surface area contributed by atoms with Crippen molar-refractivity contribution < 1.29 is 23.0 Å². The molecule has 0 spiro atoms. The van der Waals surface area contributed by atoms with Gasteiger partial charge in [0, 0.05) is 0 Å². The molecule has 2 saturated carbocycles. The van der Waals surface area contributed by atoms with Gasteiger partial charge in [-0.05, 0) is 72.1 Å². The summed E-state index contributed by atoms with van der Waals surface area (Å²) >= 11 is 0. The summed E-state index contributed by atoms with van der Waals surface area (Å²) in [5, 5.41) is 0. The van der Waals surface area contributed by atoms with E-state index in [1.165, 1.54) is 6.42 Å². The smallest absolute Gasteiger partial charge is 0.335 e. The second-order valence-corrected chi connectivity index (χ2v) is 16.0. The lowest BCUT2D eigenvalue weighted by molar-refractivity contribution is -0.177. The van der Waals surface area contributed by atoms with E-state index in [0.29, 0.717) is 5.92 Å². The molecule has 3 unspecified atom stereocenters. The molecule has 4 aromatic carbocycles. The van der Waals surface area contributed by atoms with Gasteiger partial charge in [0.15, 0.2) is 17.0 Å². The molecule has 0 amide bonds. The summed E-state index contributed by atoms with van der Waals surface area (Å²) in [6, 6.07) is 41.7. The third-order valence-corrected chi connectivity index (χ3v) is 13.4. The maximum atomic E-state index is 7.57. The summed E-state index contributed by atoms with van der Waals surface area (Å²) in [6.45, 7) is 11.2. The van der Waals surface area contributed by atoms with E-state index in [1.807, 2.05) is 38.1 Å². The first-order chi connectivity index (χ1) is 22.6. The molecule has 5 nitrogen and oxygen atoms in total. The number of hydrogen-bond donors (Lipinski definition) is 0. The Kier molecular flexibility index (Phi) is 7.57. The molecule has 5 atom stereocenters. The number of fused-ring (bicyclic) bond motifs is 3. The van der Waals surface area contributed by atoms with Crippen molar-refractivity contribution in [2.24, 2.45) is 16.7 Å². The maximum absolute atomic E-state index is 7.57. The molecule has 2 heterocycles. The summed E-state index contributed by atoms with van der Waals surface area (Å²) in [6.07, 6.45) is 2.15. The molecule has 244 valence electrons. The topological polar surface area (TPSA) is 46.2 Å². The van der Waals surface area contributed by atoms with Gasteiger partial charge in [-0.25, -0.2) is 0 Å². The molecular weight excluding hydrogens is 603 g/mol. The van der Waals surface area contributed by atoms with Crippen LogP contribution < -0.4 is 0 Å². The third kappa shape index (κ3) is 4.73. The summed E-state index contributed by atoms with van der Waals surface area (Å²) in [5.74, 6) is -0.318. The highest BCUT2D eigenvalue weighted by Gasteiger charge is 2.69. The highest BCUT2D eigenvalue weighted by atomic mass is 31.2. The first-order valence-electron chi connectivity index (χ1n) is 17.0. The zero-order valence-corrected chi connectivity index (χ0v) is 28.9. The molecule has 4 aromatic rings. The molecule has 2 aliphatic heterocycles. The lowest BCUT2D eigenvalue weighted by Gasteiger charge is -2.42. The van der Waals surface area contributed by atoms with Crippen LogP contribution >= 0.6 is 8.60 Å². The molecule has 8 rings (SSSR count). The highest BCUT2D eigenvalue weighted by Crippen LogP contribution is 2.71. The van der Waals surface area contributed by atoms with E-state index >= 15 is 0 Å². The molecule has 2 aliphatic carbocycles. The quantitative estimate of drug-likeness (QED) is 0.195. The third-order valence-electron chi connectivity index (χ3n) is 12.1. The lowest BCUT2D eigenvalue weighted by atomic mass is 9.70. The van der Waals surface area contributed by atoms with Gasteiger partial charge in [0.1, 0.15) is 12.2 Å². The average molecular weight is 649 g/mol. The Hall–Kier alpha value is -2.89. The summed E-state index contributed by atoms with van der Waals surface area (Å²) in [5.41, 5.74) is 1.85. The molecule has 2 bridgehead atoms. The molecule has 47 heavy (non-hydrogen) atoms. The van der Waals surface area contributed by atoms with Crippen LogP contribution in [0.25, 0.3) is 0 Å². The Morgan fingerprint density at radius 2 is 0.957 bits per heavy atom. The van der Waals surface area contributed by atoms with Crippen molar-refractivity contribution in [1.82, 2.24) is 0 Å². The largest absolute Gasteiger partial charge is 0.341 e. The van der Waals surface area contributed by atoms with Crippen LogP contribution in [0.3, 0.4) is 0 Å². The molecule has 4 aliphatic rings. The molecule has 0 N–H and O–H groups in total. The molecular formula is C41H45O5P. The molecule has 4 fully saturated rings. The Balaban J connectivity index is 1.40. The molecule has 0 radical (unpaired) electrons. The number of hydrogen-bond acceptors (Lipinski definition) is 5. The second kappa shape index (κ2) is 11.3. The first-order valence-corrected chi connectivity index (χ1v) is 18.1. The number of ether oxygens (including phenoxy) is 2. The van der Waals surface area contributed by atoms with Gasteiger partial charge in [-0.2, -0.15) is 0 Å². The van der Waals surface area contributed by atoms with Crippen LogP contribution in [0.4, 0.5) is 0 Å². The standard InChI is InChI=1S/C41H45O5P/c1-37(2)33-26-27-39(37,5)34(28-33)44-47-45-40(29-18-10-6-11-19-29,30-20-12-7-13-21-30)35-36(43-38(3,4)42-35)41(46-47,31-22-14-8-15-23-31)32-24-16-9-17-25-32/h6-25,33-36H,26-28H2,1-5H3/t33?,34?,35-,36-,39?/m0/s1. The van der Waals surface area contributed by atoms with Gasteiger partial charge in [-0.15, -0.1) is 0 Å². The predicted molar refractivity (Wildman–Crippen MR) is 184 cm³/mol. The normalized spacial score (nSPS) is 31.7. The van der Waals surface area contributed by atoms with Crippen LogP contribution in [0.5, 0.6) is 0 Å². The van der Waals surface area contributed by atoms with Gasteiger partial charge in [-0.3, -0.25) is 9.05 Å². The minimum absolute atomic E-state index is 0.00734. The Labute approximate surface area is 280 Å². The number of rotatable bonds is 6. The Morgan fingerprint density at radius 3 is 1.28 bits per heavy atom. The second-order valence-electron chi connectivity index (χ2n) is 15.0. The fraction of sp³-hybridized carbons (Fsp3) is 0.415. The van der Waals surface area contributed by atoms with Crippen molar-refractivity contribution >= 4 is 8.60 Å². The van der Waals surface area contributed by atoms with E-state index in [4.69, 9.17) is 23.0 Å². The van der Waals surface area contributed by atoms with Crippen LogP contribution in [0.15, 0.2) is 121 Å². The van der Waals surface area contributed by atoms with Gasteiger partial charge in [0.2, 0.25) is 0 Å². The van der Waals surface area contributed by atoms with Crippen LogP contribution in [0.2, 0.25) is 0 Å². The van der Waals surface area contributed by atoms with E-state index in [1.54, 1.807) is 0 Å². The zero-order chi connectivity index (χ0) is 32.5. The minimum Gasteiger partial charge on any atom is -0.341 e. The van der Waals surface area contributed by atoms with Gasteiger partial charge in [0.05, 0.1) is 6.10 Å². The first kappa shape index (κ1) is 31.4. The highest BCUT2D eigenvalue weighted by molar-refractivity contribution is 7.41. The Morgan fingerprint density at radius 1 is 0.574 bits per heavy atom. The van der Waals surface area contributed by atoms with Crippen molar-refractivity contribution in [3.05, 3.63) is 144 Å². The SMILES string of the molecule is CC1(C)O[C@H]2[C@H](O1)C(c1ccccc1)(c1ccccc1)OP(OC1CC3CCC1(C)C3(C)C)OC2(c1ccccc1)c1ccccc1. The minimum atomic E-state index is -1.98.